The van der Waals surface area contributed by atoms with Gasteiger partial charge < -0.3 is 10.2 Å². The molecule has 0 saturated heterocycles. The molecule has 30 heavy (non-hydrogen) atoms. The van der Waals surface area contributed by atoms with E-state index in [1.165, 1.54) is 0 Å². The van der Waals surface area contributed by atoms with E-state index in [9.17, 15) is 9.59 Å². The van der Waals surface area contributed by atoms with Crippen LogP contribution in [0.4, 0.5) is 0 Å². The van der Waals surface area contributed by atoms with E-state index in [0.29, 0.717) is 18.7 Å². The molecular weight excluding hydrogens is 460 g/mol. The van der Waals surface area contributed by atoms with Gasteiger partial charge in [-0.05, 0) is 49.6 Å². The Morgan fingerprint density at radius 3 is 2.57 bits per heavy atom. The molecule has 1 atom stereocenters. The predicted octanol–water partition coefficient (Wildman–Crippen LogP) is 5.41. The summed E-state index contributed by atoms with van der Waals surface area (Å²) >= 11 is 5.16. The second kappa shape index (κ2) is 11.6. The van der Waals surface area contributed by atoms with Crippen molar-refractivity contribution in [2.75, 3.05) is 5.75 Å². The number of hydrogen-bond donors (Lipinski definition) is 1. The summed E-state index contributed by atoms with van der Waals surface area (Å²) in [4.78, 5) is 28.9. The van der Waals surface area contributed by atoms with Crippen LogP contribution in [0, 0.1) is 0 Å². The Morgan fingerprint density at radius 1 is 1.13 bits per heavy atom. The standard InChI is InChI=1S/C24H29BrN2O2S/c1-18(24(29)26-21-10-5-6-11-21)27(17-19-8-7-9-20(25)16-19)23(28)14-15-30-22-12-3-2-4-13-22/h2-4,7-9,12-13,16,18,21H,5-6,10-11,14-15,17H2,1H3,(H,26,29)/t18-/m1/s1. The van der Waals surface area contributed by atoms with Gasteiger partial charge in [0.05, 0.1) is 0 Å². The van der Waals surface area contributed by atoms with Gasteiger partial charge in [-0.15, -0.1) is 11.8 Å². The zero-order valence-electron chi connectivity index (χ0n) is 17.4. The molecule has 1 aliphatic carbocycles. The number of benzene rings is 2. The SMILES string of the molecule is C[C@H](C(=O)NC1CCCC1)N(Cc1cccc(Br)c1)C(=O)CCSc1ccccc1. The average molecular weight is 489 g/mol. The Bertz CT molecular complexity index is 840. The Kier molecular flexibility index (Phi) is 8.82. The third-order valence-corrected chi connectivity index (χ3v) is 6.95. The van der Waals surface area contributed by atoms with E-state index in [4.69, 9.17) is 0 Å². The minimum atomic E-state index is -0.501. The van der Waals surface area contributed by atoms with E-state index in [-0.39, 0.29) is 17.9 Å². The summed E-state index contributed by atoms with van der Waals surface area (Å²) in [7, 11) is 0. The van der Waals surface area contributed by atoms with Crippen molar-refractivity contribution in [1.29, 1.82) is 0 Å². The molecule has 2 amide bonds. The first-order valence-electron chi connectivity index (χ1n) is 10.5. The van der Waals surface area contributed by atoms with Crippen molar-refractivity contribution in [2.45, 2.75) is 62.6 Å². The van der Waals surface area contributed by atoms with Gasteiger partial charge in [0.1, 0.15) is 6.04 Å². The normalized spacial score (nSPS) is 15.0. The lowest BCUT2D eigenvalue weighted by Crippen LogP contribution is -2.49. The molecule has 3 rings (SSSR count). The van der Waals surface area contributed by atoms with E-state index in [2.05, 4.69) is 21.2 Å². The zero-order chi connectivity index (χ0) is 21.3. The lowest BCUT2D eigenvalue weighted by Gasteiger charge is -2.30. The largest absolute Gasteiger partial charge is 0.352 e. The molecule has 1 aliphatic rings. The number of hydrogen-bond acceptors (Lipinski definition) is 3. The first kappa shape index (κ1) is 22.9. The van der Waals surface area contributed by atoms with E-state index in [1.807, 2.05) is 61.5 Å². The minimum absolute atomic E-state index is 0.00692. The highest BCUT2D eigenvalue weighted by molar-refractivity contribution is 9.10. The summed E-state index contributed by atoms with van der Waals surface area (Å²) in [5.41, 5.74) is 1.01. The number of halogens is 1. The molecule has 0 radical (unpaired) electrons. The maximum absolute atomic E-state index is 13.1. The van der Waals surface area contributed by atoms with Crippen LogP contribution in [0.2, 0.25) is 0 Å². The summed E-state index contributed by atoms with van der Waals surface area (Å²) in [6, 6.07) is 17.7. The molecule has 6 heteroatoms. The molecule has 0 heterocycles. The van der Waals surface area contributed by atoms with Gasteiger partial charge in [0.25, 0.3) is 0 Å². The first-order chi connectivity index (χ1) is 14.5. The molecule has 1 N–H and O–H groups in total. The van der Waals surface area contributed by atoms with Crippen LogP contribution in [0.25, 0.3) is 0 Å². The summed E-state index contributed by atoms with van der Waals surface area (Å²) in [5, 5.41) is 3.15. The second-order valence-electron chi connectivity index (χ2n) is 7.73. The molecule has 0 bridgehead atoms. The fourth-order valence-corrected chi connectivity index (χ4v) is 5.03. The molecular formula is C24H29BrN2O2S. The fourth-order valence-electron chi connectivity index (χ4n) is 3.72. The van der Waals surface area contributed by atoms with Gasteiger partial charge in [-0.3, -0.25) is 9.59 Å². The summed E-state index contributed by atoms with van der Waals surface area (Å²) in [6.07, 6.45) is 4.79. The third kappa shape index (κ3) is 6.88. The third-order valence-electron chi connectivity index (χ3n) is 5.44. The Labute approximate surface area is 191 Å². The van der Waals surface area contributed by atoms with E-state index in [1.54, 1.807) is 16.7 Å². The fraction of sp³-hybridized carbons (Fsp3) is 0.417. The Hall–Kier alpha value is -1.79. The van der Waals surface area contributed by atoms with Crippen molar-refractivity contribution >= 4 is 39.5 Å². The monoisotopic (exact) mass is 488 g/mol. The maximum atomic E-state index is 13.1. The number of thioether (sulfide) groups is 1. The number of rotatable bonds is 9. The summed E-state index contributed by atoms with van der Waals surface area (Å²) in [6.45, 7) is 2.26. The predicted molar refractivity (Wildman–Crippen MR) is 126 cm³/mol. The highest BCUT2D eigenvalue weighted by atomic mass is 79.9. The van der Waals surface area contributed by atoms with Crippen LogP contribution in [-0.2, 0) is 16.1 Å². The van der Waals surface area contributed by atoms with Gasteiger partial charge >= 0.3 is 0 Å². The quantitative estimate of drug-likeness (QED) is 0.480. The van der Waals surface area contributed by atoms with Crippen molar-refractivity contribution in [1.82, 2.24) is 10.2 Å². The van der Waals surface area contributed by atoms with Crippen molar-refractivity contribution in [2.24, 2.45) is 0 Å². The Morgan fingerprint density at radius 2 is 1.87 bits per heavy atom. The maximum Gasteiger partial charge on any atom is 0.242 e. The van der Waals surface area contributed by atoms with Crippen LogP contribution in [0.1, 0.15) is 44.6 Å². The van der Waals surface area contributed by atoms with Crippen LogP contribution in [0.5, 0.6) is 0 Å². The molecule has 0 aliphatic heterocycles. The van der Waals surface area contributed by atoms with E-state index >= 15 is 0 Å². The van der Waals surface area contributed by atoms with E-state index < -0.39 is 6.04 Å². The number of nitrogens with one attached hydrogen (secondary N) is 1. The molecule has 4 nitrogen and oxygen atoms in total. The molecule has 160 valence electrons. The van der Waals surface area contributed by atoms with Gasteiger partial charge in [-0.1, -0.05) is 59.1 Å². The van der Waals surface area contributed by atoms with Gasteiger partial charge in [-0.25, -0.2) is 0 Å². The highest BCUT2D eigenvalue weighted by Crippen LogP contribution is 2.21. The topological polar surface area (TPSA) is 49.4 Å². The number of carbonyl (C=O) groups excluding carboxylic acids is 2. The number of nitrogens with zero attached hydrogens (tertiary/aromatic N) is 1. The van der Waals surface area contributed by atoms with Crippen LogP contribution in [-0.4, -0.2) is 34.6 Å². The summed E-state index contributed by atoms with van der Waals surface area (Å²) < 4.78 is 0.968. The van der Waals surface area contributed by atoms with Crippen molar-refractivity contribution in [3.63, 3.8) is 0 Å². The highest BCUT2D eigenvalue weighted by Gasteiger charge is 2.28. The van der Waals surface area contributed by atoms with Gasteiger partial charge in [0.15, 0.2) is 0 Å². The minimum Gasteiger partial charge on any atom is -0.352 e. The first-order valence-corrected chi connectivity index (χ1v) is 12.3. The molecule has 0 spiro atoms. The van der Waals surface area contributed by atoms with Crippen LogP contribution in [0.3, 0.4) is 0 Å². The zero-order valence-corrected chi connectivity index (χ0v) is 19.8. The van der Waals surface area contributed by atoms with Crippen LogP contribution in [0.15, 0.2) is 64.0 Å². The lowest BCUT2D eigenvalue weighted by molar-refractivity contribution is -0.140. The van der Waals surface area contributed by atoms with Crippen LogP contribution >= 0.6 is 27.7 Å². The van der Waals surface area contributed by atoms with Crippen LogP contribution < -0.4 is 5.32 Å². The van der Waals surface area contributed by atoms with Gasteiger partial charge in [0.2, 0.25) is 11.8 Å². The molecule has 2 aromatic carbocycles. The van der Waals surface area contributed by atoms with Crippen molar-refractivity contribution in [3.8, 4) is 0 Å². The van der Waals surface area contributed by atoms with E-state index in [0.717, 1.165) is 40.6 Å². The Balaban J connectivity index is 1.65. The molecule has 2 aromatic rings. The summed E-state index contributed by atoms with van der Waals surface area (Å²) in [5.74, 6) is 0.642. The van der Waals surface area contributed by atoms with Crippen molar-refractivity contribution < 1.29 is 9.59 Å². The number of carbonyl (C=O) groups is 2. The molecule has 1 fully saturated rings. The van der Waals surface area contributed by atoms with Crippen molar-refractivity contribution in [3.05, 3.63) is 64.6 Å². The van der Waals surface area contributed by atoms with Gasteiger partial charge in [-0.2, -0.15) is 0 Å². The molecule has 1 saturated carbocycles. The lowest BCUT2D eigenvalue weighted by atomic mass is 10.1. The smallest absolute Gasteiger partial charge is 0.242 e. The number of amides is 2. The average Bonchev–Trinajstić information content (AvgIpc) is 3.25. The van der Waals surface area contributed by atoms with Gasteiger partial charge in [0, 0.05) is 34.1 Å². The molecule has 0 unspecified atom stereocenters. The second-order valence-corrected chi connectivity index (χ2v) is 9.81. The molecule has 0 aromatic heterocycles.